The molecule has 0 unspecified atom stereocenters. The minimum atomic E-state index is -1.07. The summed E-state index contributed by atoms with van der Waals surface area (Å²) in [7, 11) is 0. The Morgan fingerprint density at radius 2 is 2.00 bits per heavy atom. The number of rotatable bonds is 2. The van der Waals surface area contributed by atoms with E-state index in [9.17, 15) is 10.1 Å². The summed E-state index contributed by atoms with van der Waals surface area (Å²) in [5.41, 5.74) is 0.193. The second-order valence-corrected chi connectivity index (χ2v) is 5.78. The highest BCUT2D eigenvalue weighted by atomic mass is 16.6. The molecule has 1 saturated carbocycles. The van der Waals surface area contributed by atoms with E-state index in [-0.39, 0.29) is 0 Å². The highest BCUT2D eigenvalue weighted by molar-refractivity contribution is 5.92. The lowest BCUT2D eigenvalue weighted by molar-refractivity contribution is -0.158. The summed E-state index contributed by atoms with van der Waals surface area (Å²) in [4.78, 5) is 12.1. The van der Waals surface area contributed by atoms with E-state index in [0.717, 1.165) is 11.1 Å². The number of benzene rings is 1. The van der Waals surface area contributed by atoms with E-state index in [1.807, 2.05) is 36.4 Å². The molecule has 2 rings (SSSR count). The van der Waals surface area contributed by atoms with Crippen LogP contribution in [0.25, 0.3) is 6.08 Å². The Kier molecular flexibility index (Phi) is 3.20. The van der Waals surface area contributed by atoms with Gasteiger partial charge < -0.3 is 4.74 Å². The van der Waals surface area contributed by atoms with E-state index in [0.29, 0.717) is 6.42 Å². The molecule has 1 aliphatic rings. The molecule has 0 N–H and O–H groups in total. The Labute approximate surface area is 113 Å². The van der Waals surface area contributed by atoms with E-state index in [2.05, 4.69) is 6.07 Å². The second kappa shape index (κ2) is 4.55. The van der Waals surface area contributed by atoms with Crippen molar-refractivity contribution in [3.05, 3.63) is 41.5 Å². The third-order valence-corrected chi connectivity index (χ3v) is 2.96. The molecule has 1 aliphatic carbocycles. The lowest BCUT2D eigenvalue weighted by Gasteiger charge is -2.20. The normalized spacial score (nSPS) is 23.8. The second-order valence-electron chi connectivity index (χ2n) is 5.78. The fourth-order valence-electron chi connectivity index (χ4n) is 1.89. The molecule has 0 aromatic heterocycles. The molecule has 19 heavy (non-hydrogen) atoms. The van der Waals surface area contributed by atoms with Crippen LogP contribution in [0, 0.1) is 16.7 Å². The van der Waals surface area contributed by atoms with Gasteiger partial charge in [0, 0.05) is 6.42 Å². The zero-order valence-electron chi connectivity index (χ0n) is 11.4. The first kappa shape index (κ1) is 13.4. The third kappa shape index (κ3) is 2.85. The summed E-state index contributed by atoms with van der Waals surface area (Å²) in [5, 5.41) is 9.28. The number of ether oxygens (including phenoxy) is 1. The van der Waals surface area contributed by atoms with Crippen molar-refractivity contribution in [1.82, 2.24) is 0 Å². The molecule has 0 saturated heterocycles. The Morgan fingerprint density at radius 1 is 1.37 bits per heavy atom. The summed E-state index contributed by atoms with van der Waals surface area (Å²) < 4.78 is 5.32. The van der Waals surface area contributed by atoms with Gasteiger partial charge in [0.25, 0.3) is 0 Å². The Hall–Kier alpha value is -2.08. The largest absolute Gasteiger partial charge is 0.459 e. The van der Waals surface area contributed by atoms with Crippen LogP contribution in [0.15, 0.2) is 35.9 Å². The number of esters is 1. The van der Waals surface area contributed by atoms with Crippen molar-refractivity contribution in [3.63, 3.8) is 0 Å². The van der Waals surface area contributed by atoms with Gasteiger partial charge in [0.1, 0.15) is 5.60 Å². The molecule has 3 nitrogen and oxygen atoms in total. The molecule has 0 spiro atoms. The summed E-state index contributed by atoms with van der Waals surface area (Å²) in [6, 6.07) is 11.8. The summed E-state index contributed by atoms with van der Waals surface area (Å²) in [6.07, 6.45) is 2.36. The van der Waals surface area contributed by atoms with Crippen LogP contribution in [0.3, 0.4) is 0 Å². The zero-order chi connectivity index (χ0) is 14.1. The SMILES string of the molecule is CC(C)(C)OC(=O)[C@@]1(C#N)C/C1=C\c1ccccc1. The van der Waals surface area contributed by atoms with Crippen molar-refractivity contribution in [2.45, 2.75) is 32.8 Å². The van der Waals surface area contributed by atoms with Gasteiger partial charge in [-0.3, -0.25) is 0 Å². The molecule has 3 heteroatoms. The summed E-state index contributed by atoms with van der Waals surface area (Å²) in [5.74, 6) is -0.440. The van der Waals surface area contributed by atoms with Gasteiger partial charge in [-0.15, -0.1) is 0 Å². The lowest BCUT2D eigenvalue weighted by Crippen LogP contribution is -2.29. The Bertz CT molecular complexity index is 561. The quantitative estimate of drug-likeness (QED) is 0.762. The van der Waals surface area contributed by atoms with Crippen molar-refractivity contribution in [3.8, 4) is 6.07 Å². The van der Waals surface area contributed by atoms with Crippen molar-refractivity contribution in [2.24, 2.45) is 5.41 Å². The molecule has 0 amide bonds. The standard InChI is InChI=1S/C16H17NO2/c1-15(2,3)19-14(18)16(11-17)10-13(16)9-12-7-5-4-6-8-12/h4-9H,10H2,1-3H3/b13-9+/t16-/m1/s1. The Morgan fingerprint density at radius 3 is 2.53 bits per heavy atom. The van der Waals surface area contributed by atoms with Gasteiger partial charge in [-0.25, -0.2) is 4.79 Å². The number of carbonyl (C=O) groups is 1. The van der Waals surface area contributed by atoms with E-state index >= 15 is 0 Å². The number of nitrogens with zero attached hydrogens (tertiary/aromatic N) is 1. The van der Waals surface area contributed by atoms with E-state index in [1.54, 1.807) is 20.8 Å². The molecule has 0 aliphatic heterocycles. The van der Waals surface area contributed by atoms with E-state index < -0.39 is 17.0 Å². The maximum atomic E-state index is 12.1. The van der Waals surface area contributed by atoms with Crippen LogP contribution in [-0.2, 0) is 9.53 Å². The first-order chi connectivity index (χ1) is 8.87. The van der Waals surface area contributed by atoms with Crippen molar-refractivity contribution >= 4 is 12.0 Å². The molecular weight excluding hydrogens is 238 g/mol. The summed E-state index contributed by atoms with van der Waals surface area (Å²) >= 11 is 0. The number of hydrogen-bond acceptors (Lipinski definition) is 3. The maximum Gasteiger partial charge on any atom is 0.331 e. The average molecular weight is 255 g/mol. The van der Waals surface area contributed by atoms with Gasteiger partial charge in [-0.05, 0) is 31.9 Å². The minimum absolute atomic E-state index is 0.440. The predicted molar refractivity (Wildman–Crippen MR) is 72.9 cm³/mol. The molecule has 1 aromatic carbocycles. The van der Waals surface area contributed by atoms with Crippen LogP contribution in [0.5, 0.6) is 0 Å². The number of nitriles is 1. The van der Waals surface area contributed by atoms with Gasteiger partial charge in [0.2, 0.25) is 0 Å². The van der Waals surface area contributed by atoms with Crippen molar-refractivity contribution < 1.29 is 9.53 Å². The van der Waals surface area contributed by atoms with Crippen LogP contribution >= 0.6 is 0 Å². The fourth-order valence-corrected chi connectivity index (χ4v) is 1.89. The summed E-state index contributed by atoms with van der Waals surface area (Å²) in [6.45, 7) is 5.41. The van der Waals surface area contributed by atoms with Crippen LogP contribution in [0.1, 0.15) is 32.8 Å². The molecule has 0 radical (unpaired) electrons. The van der Waals surface area contributed by atoms with E-state index in [4.69, 9.17) is 4.74 Å². The number of hydrogen-bond donors (Lipinski definition) is 0. The highest BCUT2D eigenvalue weighted by Crippen LogP contribution is 2.53. The maximum absolute atomic E-state index is 12.1. The van der Waals surface area contributed by atoms with Crippen LogP contribution in [-0.4, -0.2) is 11.6 Å². The zero-order valence-corrected chi connectivity index (χ0v) is 11.4. The molecule has 1 aromatic rings. The smallest absolute Gasteiger partial charge is 0.331 e. The monoisotopic (exact) mass is 255 g/mol. The van der Waals surface area contributed by atoms with Crippen LogP contribution < -0.4 is 0 Å². The number of carbonyl (C=O) groups excluding carboxylic acids is 1. The van der Waals surface area contributed by atoms with Gasteiger partial charge in [0.05, 0.1) is 6.07 Å². The first-order valence-corrected chi connectivity index (χ1v) is 6.28. The average Bonchev–Trinajstić information content (AvgIpc) is 3.03. The molecule has 98 valence electrons. The van der Waals surface area contributed by atoms with Gasteiger partial charge in [-0.1, -0.05) is 36.4 Å². The molecule has 1 atom stereocenters. The fraction of sp³-hybridized carbons (Fsp3) is 0.375. The molecular formula is C16H17NO2. The topological polar surface area (TPSA) is 50.1 Å². The van der Waals surface area contributed by atoms with Gasteiger partial charge in [0.15, 0.2) is 5.41 Å². The first-order valence-electron chi connectivity index (χ1n) is 6.28. The lowest BCUT2D eigenvalue weighted by atomic mass is 10.1. The van der Waals surface area contributed by atoms with E-state index in [1.165, 1.54) is 0 Å². The van der Waals surface area contributed by atoms with Crippen molar-refractivity contribution in [2.75, 3.05) is 0 Å². The Balaban J connectivity index is 2.19. The third-order valence-electron chi connectivity index (χ3n) is 2.96. The van der Waals surface area contributed by atoms with Crippen molar-refractivity contribution in [1.29, 1.82) is 5.26 Å². The van der Waals surface area contributed by atoms with Crippen LogP contribution in [0.4, 0.5) is 0 Å². The van der Waals surface area contributed by atoms with Gasteiger partial charge in [-0.2, -0.15) is 5.26 Å². The molecule has 1 fully saturated rings. The highest BCUT2D eigenvalue weighted by Gasteiger charge is 2.58. The van der Waals surface area contributed by atoms with Gasteiger partial charge >= 0.3 is 5.97 Å². The molecule has 0 bridgehead atoms. The minimum Gasteiger partial charge on any atom is -0.459 e. The predicted octanol–water partition coefficient (Wildman–Crippen LogP) is 3.33. The van der Waals surface area contributed by atoms with Crippen LogP contribution in [0.2, 0.25) is 0 Å². The molecule has 0 heterocycles.